The molecule has 0 unspecified atom stereocenters. The second-order valence-electron chi connectivity index (χ2n) is 7.09. The molecule has 0 aliphatic carbocycles. The Morgan fingerprint density at radius 1 is 1.23 bits per heavy atom. The number of Topliss-reactive ketones (excluding diaryl/α,β-unsaturated/α-hetero) is 1. The molecule has 2 amide bonds. The molecule has 0 bridgehead atoms. The quantitative estimate of drug-likeness (QED) is 0.534. The summed E-state index contributed by atoms with van der Waals surface area (Å²) in [6.07, 6.45) is 0. The molecule has 9 nitrogen and oxygen atoms in total. The summed E-state index contributed by atoms with van der Waals surface area (Å²) in [7, 11) is 2.94. The Balaban J connectivity index is 2.09. The van der Waals surface area contributed by atoms with Gasteiger partial charge in [-0.1, -0.05) is 30.3 Å². The Morgan fingerprint density at radius 3 is 2.48 bits per heavy atom. The average molecular weight is 425 g/mol. The number of methoxy groups -OCH3 is 1. The van der Waals surface area contributed by atoms with E-state index in [4.69, 9.17) is 9.47 Å². The molecule has 1 atom stereocenters. The van der Waals surface area contributed by atoms with Crippen molar-refractivity contribution in [2.75, 3.05) is 14.2 Å². The third-order valence-corrected chi connectivity index (χ3v) is 5.19. The minimum atomic E-state index is -0.987. The van der Waals surface area contributed by atoms with Crippen LogP contribution in [0.4, 0.5) is 10.5 Å². The van der Waals surface area contributed by atoms with Crippen LogP contribution in [0.15, 0.2) is 53.7 Å². The predicted octanol–water partition coefficient (Wildman–Crippen LogP) is 3.74. The number of carbonyl (C=O) groups is 2. The summed E-state index contributed by atoms with van der Waals surface area (Å²) < 4.78 is 11.2. The molecule has 0 saturated heterocycles. The molecular weight excluding hydrogens is 402 g/mol. The van der Waals surface area contributed by atoms with E-state index in [9.17, 15) is 19.7 Å². The van der Waals surface area contributed by atoms with Crippen molar-refractivity contribution in [2.45, 2.75) is 26.5 Å². The molecule has 1 N–H and O–H groups in total. The molecule has 1 heterocycles. The van der Waals surface area contributed by atoms with Gasteiger partial charge in [-0.15, -0.1) is 0 Å². The average Bonchev–Trinajstić information content (AvgIpc) is 2.75. The lowest BCUT2D eigenvalue weighted by Gasteiger charge is -2.33. The fourth-order valence-electron chi connectivity index (χ4n) is 3.49. The van der Waals surface area contributed by atoms with Gasteiger partial charge in [-0.25, -0.2) is 4.79 Å². The van der Waals surface area contributed by atoms with Crippen molar-refractivity contribution in [3.05, 3.63) is 75.0 Å². The van der Waals surface area contributed by atoms with E-state index in [1.165, 1.54) is 38.1 Å². The van der Waals surface area contributed by atoms with Crippen LogP contribution >= 0.6 is 0 Å². The SMILES string of the molecule is COc1cc([C@H]2NC(=O)N(C)C(C)=C2C(C)=O)c([N+](=O)[O-])cc1OCc1ccccc1. The topological polar surface area (TPSA) is 111 Å². The first-order valence-electron chi connectivity index (χ1n) is 9.53. The van der Waals surface area contributed by atoms with Gasteiger partial charge in [0, 0.05) is 18.3 Å². The lowest BCUT2D eigenvalue weighted by molar-refractivity contribution is -0.385. The Hall–Kier alpha value is -3.88. The molecular formula is C22H23N3O6. The van der Waals surface area contributed by atoms with E-state index in [1.807, 2.05) is 30.3 Å². The van der Waals surface area contributed by atoms with Crippen LogP contribution in [0.3, 0.4) is 0 Å². The molecule has 0 fully saturated rings. The summed E-state index contributed by atoms with van der Waals surface area (Å²) in [5.41, 5.74) is 1.44. The van der Waals surface area contributed by atoms with Crippen molar-refractivity contribution < 1.29 is 24.0 Å². The molecule has 31 heavy (non-hydrogen) atoms. The summed E-state index contributed by atoms with van der Waals surface area (Å²) in [4.78, 5) is 37.3. The lowest BCUT2D eigenvalue weighted by atomic mass is 9.91. The molecule has 0 radical (unpaired) electrons. The monoisotopic (exact) mass is 425 g/mol. The van der Waals surface area contributed by atoms with Crippen LogP contribution in [0, 0.1) is 10.1 Å². The molecule has 0 aromatic heterocycles. The molecule has 2 aromatic carbocycles. The number of ether oxygens (including phenoxy) is 2. The van der Waals surface area contributed by atoms with Crippen LogP contribution in [0.5, 0.6) is 11.5 Å². The number of nitrogens with one attached hydrogen (secondary N) is 1. The number of benzene rings is 2. The number of nitro benzene ring substituents is 1. The van der Waals surface area contributed by atoms with Gasteiger partial charge >= 0.3 is 6.03 Å². The number of carbonyl (C=O) groups excluding carboxylic acids is 2. The van der Waals surface area contributed by atoms with Crippen LogP contribution in [0.25, 0.3) is 0 Å². The number of nitrogens with zero attached hydrogens (tertiary/aromatic N) is 2. The summed E-state index contributed by atoms with van der Waals surface area (Å²) in [5.74, 6) is 0.142. The first-order valence-corrected chi connectivity index (χ1v) is 9.53. The molecule has 0 spiro atoms. The van der Waals surface area contributed by atoms with E-state index in [0.29, 0.717) is 5.70 Å². The van der Waals surface area contributed by atoms with E-state index in [-0.39, 0.29) is 40.7 Å². The zero-order chi connectivity index (χ0) is 22.7. The second kappa shape index (κ2) is 8.86. The van der Waals surface area contributed by atoms with Gasteiger partial charge in [0.25, 0.3) is 5.69 Å². The van der Waals surface area contributed by atoms with Crippen LogP contribution < -0.4 is 14.8 Å². The summed E-state index contributed by atoms with van der Waals surface area (Å²) in [5, 5.41) is 14.6. The maximum atomic E-state index is 12.4. The molecule has 2 aromatic rings. The van der Waals surface area contributed by atoms with Gasteiger partial charge in [0.2, 0.25) is 0 Å². The van der Waals surface area contributed by atoms with Crippen molar-refractivity contribution in [3.8, 4) is 11.5 Å². The Labute approximate surface area is 179 Å². The van der Waals surface area contributed by atoms with Gasteiger partial charge in [0.1, 0.15) is 6.61 Å². The summed E-state index contributed by atoms with van der Waals surface area (Å²) in [6, 6.07) is 10.6. The van der Waals surface area contributed by atoms with Gasteiger partial charge in [-0.3, -0.25) is 14.9 Å². The number of hydrogen-bond donors (Lipinski definition) is 1. The van der Waals surface area contributed by atoms with Crippen molar-refractivity contribution in [3.63, 3.8) is 0 Å². The van der Waals surface area contributed by atoms with Gasteiger partial charge in [-0.05, 0) is 25.5 Å². The Morgan fingerprint density at radius 2 is 1.90 bits per heavy atom. The van der Waals surface area contributed by atoms with E-state index in [2.05, 4.69) is 5.32 Å². The molecule has 3 rings (SSSR count). The predicted molar refractivity (Wildman–Crippen MR) is 113 cm³/mol. The van der Waals surface area contributed by atoms with Crippen molar-refractivity contribution >= 4 is 17.5 Å². The van der Waals surface area contributed by atoms with Crippen molar-refractivity contribution in [2.24, 2.45) is 0 Å². The number of allylic oxidation sites excluding steroid dienone is 1. The Kier molecular flexibility index (Phi) is 6.24. The molecule has 9 heteroatoms. The van der Waals surface area contributed by atoms with E-state index >= 15 is 0 Å². The van der Waals surface area contributed by atoms with Gasteiger partial charge in [0.05, 0.1) is 29.7 Å². The number of rotatable bonds is 7. The van der Waals surface area contributed by atoms with Gasteiger partial charge in [-0.2, -0.15) is 0 Å². The molecule has 1 aliphatic heterocycles. The smallest absolute Gasteiger partial charge is 0.322 e. The second-order valence-corrected chi connectivity index (χ2v) is 7.09. The van der Waals surface area contributed by atoms with Crippen LogP contribution in [-0.4, -0.2) is 35.8 Å². The normalized spacial score (nSPS) is 16.1. The minimum absolute atomic E-state index is 0.139. The van der Waals surface area contributed by atoms with Crippen molar-refractivity contribution in [1.29, 1.82) is 0 Å². The fourth-order valence-corrected chi connectivity index (χ4v) is 3.49. The molecule has 1 aliphatic rings. The highest BCUT2D eigenvalue weighted by atomic mass is 16.6. The Bertz CT molecular complexity index is 1060. The number of amides is 2. The number of urea groups is 1. The van der Waals surface area contributed by atoms with Crippen LogP contribution in [-0.2, 0) is 11.4 Å². The standard InChI is InChI=1S/C22H23N3O6/c1-13-20(14(2)26)21(23-22(27)24(13)3)16-10-18(30-4)19(11-17(16)25(28)29)31-12-15-8-6-5-7-9-15/h5-11,21H,12H2,1-4H3,(H,23,27)/t21-/m1/s1. The zero-order valence-electron chi connectivity index (χ0n) is 17.7. The van der Waals surface area contributed by atoms with E-state index in [0.717, 1.165) is 5.56 Å². The van der Waals surface area contributed by atoms with Crippen LogP contribution in [0.2, 0.25) is 0 Å². The summed E-state index contributed by atoms with van der Waals surface area (Å²) >= 11 is 0. The fraction of sp³-hybridized carbons (Fsp3) is 0.273. The maximum absolute atomic E-state index is 12.4. The van der Waals surface area contributed by atoms with Gasteiger partial charge < -0.3 is 19.7 Å². The highest BCUT2D eigenvalue weighted by Gasteiger charge is 2.37. The zero-order valence-corrected chi connectivity index (χ0v) is 17.7. The third kappa shape index (κ3) is 4.35. The van der Waals surface area contributed by atoms with E-state index < -0.39 is 17.0 Å². The number of nitro groups is 1. The number of ketones is 1. The highest BCUT2D eigenvalue weighted by Crippen LogP contribution is 2.41. The first-order chi connectivity index (χ1) is 14.7. The molecule has 0 saturated carbocycles. The third-order valence-electron chi connectivity index (χ3n) is 5.19. The first kappa shape index (κ1) is 21.8. The lowest BCUT2D eigenvalue weighted by Crippen LogP contribution is -2.45. The molecule has 162 valence electrons. The van der Waals surface area contributed by atoms with Gasteiger partial charge in [0.15, 0.2) is 17.3 Å². The van der Waals surface area contributed by atoms with E-state index in [1.54, 1.807) is 6.92 Å². The minimum Gasteiger partial charge on any atom is -0.493 e. The van der Waals surface area contributed by atoms with Crippen LogP contribution in [0.1, 0.15) is 31.0 Å². The van der Waals surface area contributed by atoms with Crippen molar-refractivity contribution in [1.82, 2.24) is 10.2 Å². The largest absolute Gasteiger partial charge is 0.493 e. The number of hydrogen-bond acceptors (Lipinski definition) is 6. The maximum Gasteiger partial charge on any atom is 0.322 e. The highest BCUT2D eigenvalue weighted by molar-refractivity contribution is 5.98. The summed E-state index contributed by atoms with van der Waals surface area (Å²) in [6.45, 7) is 3.18.